The molecular formula is C19H20N4O2. The highest BCUT2D eigenvalue weighted by molar-refractivity contribution is 5.79. The van der Waals surface area contributed by atoms with Crippen LogP contribution in [0.2, 0.25) is 0 Å². The van der Waals surface area contributed by atoms with Crippen LogP contribution in [-0.4, -0.2) is 38.0 Å². The van der Waals surface area contributed by atoms with Crippen molar-refractivity contribution in [2.75, 3.05) is 13.1 Å². The van der Waals surface area contributed by atoms with Gasteiger partial charge in [0.25, 0.3) is 0 Å². The van der Waals surface area contributed by atoms with Crippen LogP contribution in [0.1, 0.15) is 18.0 Å². The molecule has 1 aliphatic heterocycles. The van der Waals surface area contributed by atoms with Crippen LogP contribution < -0.4 is 5.69 Å². The van der Waals surface area contributed by atoms with Crippen molar-refractivity contribution in [3.8, 4) is 0 Å². The van der Waals surface area contributed by atoms with Gasteiger partial charge in [-0.15, -0.1) is 0 Å². The number of nitrogens with zero attached hydrogens (tertiary/aromatic N) is 4. The molecule has 3 heterocycles. The van der Waals surface area contributed by atoms with E-state index in [1.165, 1.54) is 0 Å². The van der Waals surface area contributed by atoms with Gasteiger partial charge >= 0.3 is 5.69 Å². The van der Waals surface area contributed by atoms with Crippen molar-refractivity contribution in [3.63, 3.8) is 0 Å². The fraction of sp³-hybridized carbons (Fsp3) is 0.316. The van der Waals surface area contributed by atoms with E-state index < -0.39 is 0 Å². The fourth-order valence-corrected chi connectivity index (χ4v) is 3.58. The predicted molar refractivity (Wildman–Crippen MR) is 95.4 cm³/mol. The van der Waals surface area contributed by atoms with Gasteiger partial charge < -0.3 is 4.90 Å². The van der Waals surface area contributed by atoms with Crippen LogP contribution in [0.4, 0.5) is 0 Å². The van der Waals surface area contributed by atoms with Crippen LogP contribution in [0.5, 0.6) is 0 Å². The van der Waals surface area contributed by atoms with Gasteiger partial charge in [0, 0.05) is 26.3 Å². The maximum Gasteiger partial charge on any atom is 0.330 e. The number of hydrogen-bond acceptors (Lipinski definition) is 3. The van der Waals surface area contributed by atoms with Crippen molar-refractivity contribution in [2.24, 2.45) is 7.05 Å². The lowest BCUT2D eigenvalue weighted by Gasteiger charge is -2.17. The Kier molecular flexibility index (Phi) is 3.87. The summed E-state index contributed by atoms with van der Waals surface area (Å²) in [5, 5.41) is 0. The van der Waals surface area contributed by atoms with E-state index in [4.69, 9.17) is 0 Å². The molecule has 6 nitrogen and oxygen atoms in total. The number of likely N-dealkylation sites (tertiary alicyclic amines) is 1. The van der Waals surface area contributed by atoms with Gasteiger partial charge in [0.1, 0.15) is 0 Å². The van der Waals surface area contributed by atoms with Gasteiger partial charge in [0.2, 0.25) is 5.91 Å². The second-order valence-corrected chi connectivity index (χ2v) is 6.50. The molecule has 0 spiro atoms. The molecule has 0 unspecified atom stereocenters. The molecule has 0 N–H and O–H groups in total. The molecule has 0 bridgehead atoms. The third-order valence-electron chi connectivity index (χ3n) is 4.93. The third kappa shape index (κ3) is 2.73. The summed E-state index contributed by atoms with van der Waals surface area (Å²) in [7, 11) is 1.76. The average Bonchev–Trinajstić information content (AvgIpc) is 3.20. The second-order valence-electron chi connectivity index (χ2n) is 6.50. The highest BCUT2D eigenvalue weighted by Gasteiger charge is 2.30. The Balaban J connectivity index is 1.56. The highest BCUT2D eigenvalue weighted by atomic mass is 16.2. The molecule has 4 rings (SSSR count). The van der Waals surface area contributed by atoms with Crippen molar-refractivity contribution in [1.82, 2.24) is 19.0 Å². The monoisotopic (exact) mass is 336 g/mol. The average molecular weight is 336 g/mol. The number of hydrogen-bond donors (Lipinski definition) is 0. The minimum absolute atomic E-state index is 0.0224. The highest BCUT2D eigenvalue weighted by Crippen LogP contribution is 2.24. The number of carbonyl (C=O) groups excluding carboxylic acids is 1. The van der Waals surface area contributed by atoms with Crippen molar-refractivity contribution < 1.29 is 4.79 Å². The SMILES string of the molecule is Cn1c(=O)n([C@H]2CCN(C(=O)Cc3ccccc3)C2)c2ncccc21. The smallest absolute Gasteiger partial charge is 0.330 e. The minimum atomic E-state index is -0.0731. The second kappa shape index (κ2) is 6.20. The summed E-state index contributed by atoms with van der Waals surface area (Å²) in [6.07, 6.45) is 2.87. The Labute approximate surface area is 145 Å². The van der Waals surface area contributed by atoms with Crippen LogP contribution in [0.3, 0.4) is 0 Å². The Hall–Kier alpha value is -2.89. The molecule has 0 saturated carbocycles. The molecule has 2 aromatic heterocycles. The standard InChI is InChI=1S/C19H20N4O2/c1-21-16-8-5-10-20-18(16)23(19(21)25)15-9-11-22(13-15)17(24)12-14-6-3-2-4-7-14/h2-8,10,15H,9,11-13H2,1H3/t15-/m0/s1. The van der Waals surface area contributed by atoms with E-state index in [1.54, 1.807) is 22.4 Å². The summed E-state index contributed by atoms with van der Waals surface area (Å²) < 4.78 is 3.36. The van der Waals surface area contributed by atoms with E-state index in [0.29, 0.717) is 25.2 Å². The first-order chi connectivity index (χ1) is 12.1. The van der Waals surface area contributed by atoms with E-state index in [9.17, 15) is 9.59 Å². The zero-order valence-corrected chi connectivity index (χ0v) is 14.1. The molecular weight excluding hydrogens is 316 g/mol. The van der Waals surface area contributed by atoms with Gasteiger partial charge in [-0.05, 0) is 24.1 Å². The number of imidazole rings is 1. The van der Waals surface area contributed by atoms with Crippen LogP contribution >= 0.6 is 0 Å². The fourth-order valence-electron chi connectivity index (χ4n) is 3.58. The minimum Gasteiger partial charge on any atom is -0.340 e. The Morgan fingerprint density at radius 3 is 2.80 bits per heavy atom. The molecule has 0 aliphatic carbocycles. The molecule has 128 valence electrons. The maximum absolute atomic E-state index is 12.6. The first-order valence-corrected chi connectivity index (χ1v) is 8.49. The molecule has 25 heavy (non-hydrogen) atoms. The van der Waals surface area contributed by atoms with Gasteiger partial charge in [-0.1, -0.05) is 30.3 Å². The van der Waals surface area contributed by atoms with Gasteiger partial charge in [-0.25, -0.2) is 9.78 Å². The number of pyridine rings is 1. The van der Waals surface area contributed by atoms with E-state index >= 15 is 0 Å². The molecule has 1 saturated heterocycles. The first kappa shape index (κ1) is 15.6. The molecule has 3 aromatic rings. The normalized spacial score (nSPS) is 17.3. The quantitative estimate of drug-likeness (QED) is 0.732. The van der Waals surface area contributed by atoms with E-state index in [-0.39, 0.29) is 17.6 Å². The molecule has 1 amide bonds. The van der Waals surface area contributed by atoms with Crippen LogP contribution in [-0.2, 0) is 18.3 Å². The number of fused-ring (bicyclic) bond motifs is 1. The molecule has 1 fully saturated rings. The summed E-state index contributed by atoms with van der Waals surface area (Å²) in [5.74, 6) is 0.106. The lowest BCUT2D eigenvalue weighted by Crippen LogP contribution is -2.32. The topological polar surface area (TPSA) is 60.1 Å². The third-order valence-corrected chi connectivity index (χ3v) is 4.93. The van der Waals surface area contributed by atoms with Crippen LogP contribution in [0, 0.1) is 0 Å². The molecule has 1 atom stereocenters. The summed E-state index contributed by atoms with van der Waals surface area (Å²) in [4.78, 5) is 31.4. The summed E-state index contributed by atoms with van der Waals surface area (Å²) in [6.45, 7) is 1.23. The predicted octanol–water partition coefficient (Wildman–Crippen LogP) is 1.75. The molecule has 1 aromatic carbocycles. The lowest BCUT2D eigenvalue weighted by atomic mass is 10.1. The zero-order valence-electron chi connectivity index (χ0n) is 14.1. The molecule has 0 radical (unpaired) electrons. The van der Waals surface area contributed by atoms with Crippen molar-refractivity contribution >= 4 is 17.1 Å². The number of amides is 1. The number of aryl methyl sites for hydroxylation is 1. The largest absolute Gasteiger partial charge is 0.340 e. The first-order valence-electron chi connectivity index (χ1n) is 8.49. The zero-order chi connectivity index (χ0) is 17.4. The number of aromatic nitrogens is 3. The number of benzene rings is 1. The van der Waals surface area contributed by atoms with Gasteiger partial charge in [0.15, 0.2) is 5.65 Å². The number of rotatable bonds is 3. The van der Waals surface area contributed by atoms with Gasteiger partial charge in [0.05, 0.1) is 18.0 Å². The van der Waals surface area contributed by atoms with Gasteiger partial charge in [-0.2, -0.15) is 0 Å². The molecule has 1 aliphatic rings. The van der Waals surface area contributed by atoms with Crippen LogP contribution in [0.15, 0.2) is 53.5 Å². The van der Waals surface area contributed by atoms with Gasteiger partial charge in [-0.3, -0.25) is 13.9 Å². The van der Waals surface area contributed by atoms with Crippen molar-refractivity contribution in [2.45, 2.75) is 18.9 Å². The summed E-state index contributed by atoms with van der Waals surface area (Å²) in [6, 6.07) is 13.5. The van der Waals surface area contributed by atoms with Crippen molar-refractivity contribution in [1.29, 1.82) is 0 Å². The van der Waals surface area contributed by atoms with E-state index in [2.05, 4.69) is 4.98 Å². The summed E-state index contributed by atoms with van der Waals surface area (Å²) in [5.41, 5.74) is 2.45. The Morgan fingerprint density at radius 1 is 1.20 bits per heavy atom. The maximum atomic E-state index is 12.6. The summed E-state index contributed by atoms with van der Waals surface area (Å²) >= 11 is 0. The van der Waals surface area contributed by atoms with Crippen LogP contribution in [0.25, 0.3) is 11.2 Å². The lowest BCUT2D eigenvalue weighted by molar-refractivity contribution is -0.129. The Bertz CT molecular complexity index is 974. The van der Waals surface area contributed by atoms with E-state index in [1.807, 2.05) is 47.4 Å². The molecule has 6 heteroatoms. The van der Waals surface area contributed by atoms with E-state index in [0.717, 1.165) is 17.5 Å². The number of carbonyl (C=O) groups is 1. The van der Waals surface area contributed by atoms with Crippen molar-refractivity contribution in [3.05, 3.63) is 64.7 Å². The Morgan fingerprint density at radius 2 is 2.00 bits per heavy atom.